The van der Waals surface area contributed by atoms with E-state index in [4.69, 9.17) is 30.8 Å². The molecule has 4 aromatic heterocycles. The third-order valence-corrected chi connectivity index (χ3v) is 9.25. The van der Waals surface area contributed by atoms with Crippen LogP contribution in [0.1, 0.15) is 55.0 Å². The molecular weight excluding hydrogens is 658 g/mol. The van der Waals surface area contributed by atoms with Gasteiger partial charge >= 0.3 is 6.18 Å². The molecule has 0 saturated carbocycles. The minimum absolute atomic E-state index is 0.00790. The predicted molar refractivity (Wildman–Crippen MR) is 162 cm³/mol. The number of nitrogens with one attached hydrogen (secondary N) is 1. The molecule has 17 heteroatoms. The molecule has 3 aliphatic rings. The van der Waals surface area contributed by atoms with Crippen LogP contribution >= 0.6 is 11.6 Å². The third-order valence-electron chi connectivity index (χ3n) is 9.02. The molecule has 48 heavy (non-hydrogen) atoms. The lowest BCUT2D eigenvalue weighted by Gasteiger charge is -2.33. The Bertz CT molecular complexity index is 1990. The van der Waals surface area contributed by atoms with Gasteiger partial charge in [0.1, 0.15) is 22.7 Å². The van der Waals surface area contributed by atoms with Gasteiger partial charge < -0.3 is 23.8 Å². The van der Waals surface area contributed by atoms with Crippen molar-refractivity contribution < 1.29 is 31.8 Å². The number of likely N-dealkylation sites (tertiary alicyclic amines) is 1. The Balaban J connectivity index is 1.01. The summed E-state index contributed by atoms with van der Waals surface area (Å²) in [6.45, 7) is 4.87. The minimum Gasteiger partial charge on any atom is -0.443 e. The number of piperidine rings is 1. The van der Waals surface area contributed by atoms with Crippen LogP contribution in [0.15, 0.2) is 36.5 Å². The van der Waals surface area contributed by atoms with Crippen molar-refractivity contribution >= 4 is 22.8 Å². The Labute approximate surface area is 275 Å². The summed E-state index contributed by atoms with van der Waals surface area (Å²) in [5.74, 6) is -1.88. The molecule has 1 aromatic carbocycles. The van der Waals surface area contributed by atoms with Crippen LogP contribution in [0.3, 0.4) is 0 Å². The van der Waals surface area contributed by atoms with E-state index >= 15 is 0 Å². The SMILES string of the molecule is CC1(c2ccc(Cl)cn2)Oc2c(F)ccc(C3CCN(Cc4nc5cc(-c6nnc(C(F)(F)F)[nH]6)nnc5n4C[C@@H]4CCO4)CC3)c2O1. The number of halogens is 5. The van der Waals surface area contributed by atoms with Gasteiger partial charge in [0.25, 0.3) is 5.79 Å². The van der Waals surface area contributed by atoms with Gasteiger partial charge in [-0.05, 0) is 62.5 Å². The topological polar surface area (TPSA) is 129 Å². The number of hydrogen-bond acceptors (Lipinski definition) is 10. The molecule has 8 rings (SSSR count). The first kappa shape index (κ1) is 30.9. The van der Waals surface area contributed by atoms with Gasteiger partial charge in [-0.3, -0.25) is 9.88 Å². The lowest BCUT2D eigenvalue weighted by Crippen LogP contribution is -2.35. The Morgan fingerprint density at radius 3 is 2.50 bits per heavy atom. The molecular formula is C31H28ClF4N9O3. The number of hydrogen-bond donors (Lipinski definition) is 1. The van der Waals surface area contributed by atoms with Gasteiger partial charge in [-0.2, -0.15) is 13.2 Å². The van der Waals surface area contributed by atoms with E-state index in [-0.39, 0.29) is 29.3 Å². The molecule has 1 N–H and O–H groups in total. The van der Waals surface area contributed by atoms with E-state index in [9.17, 15) is 17.6 Å². The Kier molecular flexibility index (Phi) is 7.49. The number of pyridine rings is 1. The van der Waals surface area contributed by atoms with E-state index < -0.39 is 23.6 Å². The Morgan fingerprint density at radius 2 is 1.81 bits per heavy atom. The van der Waals surface area contributed by atoms with Crippen LogP contribution in [0.25, 0.3) is 22.7 Å². The maximum atomic E-state index is 14.9. The molecule has 0 aliphatic carbocycles. The average molecular weight is 686 g/mol. The van der Waals surface area contributed by atoms with E-state index in [1.54, 1.807) is 31.2 Å². The van der Waals surface area contributed by atoms with Gasteiger partial charge in [0.15, 0.2) is 23.0 Å². The fourth-order valence-corrected chi connectivity index (χ4v) is 6.49. The molecule has 7 heterocycles. The van der Waals surface area contributed by atoms with Crippen molar-refractivity contribution in [1.29, 1.82) is 0 Å². The van der Waals surface area contributed by atoms with Crippen LogP contribution < -0.4 is 9.47 Å². The first-order chi connectivity index (χ1) is 23.0. The highest BCUT2D eigenvalue weighted by Crippen LogP contribution is 2.50. The van der Waals surface area contributed by atoms with E-state index in [1.807, 2.05) is 4.57 Å². The molecule has 0 bridgehead atoms. The number of H-pyrrole nitrogens is 1. The molecule has 0 amide bonds. The summed E-state index contributed by atoms with van der Waals surface area (Å²) in [6, 6.07) is 8.11. The van der Waals surface area contributed by atoms with Gasteiger partial charge in [0.05, 0.1) is 24.2 Å². The molecule has 12 nitrogen and oxygen atoms in total. The number of rotatable bonds is 7. The second-order valence-corrected chi connectivity index (χ2v) is 12.7. The number of benzene rings is 1. The second kappa shape index (κ2) is 11.6. The molecule has 2 atom stereocenters. The second-order valence-electron chi connectivity index (χ2n) is 12.2. The van der Waals surface area contributed by atoms with Crippen LogP contribution in [0, 0.1) is 5.82 Å². The molecule has 3 aliphatic heterocycles. The smallest absolute Gasteiger partial charge is 0.443 e. The van der Waals surface area contributed by atoms with Gasteiger partial charge in [0, 0.05) is 25.3 Å². The molecule has 5 aromatic rings. The van der Waals surface area contributed by atoms with Crippen LogP contribution in [0.4, 0.5) is 17.6 Å². The fourth-order valence-electron chi connectivity index (χ4n) is 6.37. The molecule has 250 valence electrons. The highest BCUT2D eigenvalue weighted by Gasteiger charge is 2.44. The lowest BCUT2D eigenvalue weighted by molar-refractivity contribution is -0.144. The van der Waals surface area contributed by atoms with Crippen molar-refractivity contribution in [2.45, 2.75) is 63.3 Å². The van der Waals surface area contributed by atoms with E-state index in [2.05, 4.69) is 35.3 Å². The van der Waals surface area contributed by atoms with Crippen molar-refractivity contribution in [2.75, 3.05) is 19.7 Å². The number of aromatic nitrogens is 8. The number of imidazole rings is 1. The summed E-state index contributed by atoms with van der Waals surface area (Å²) >= 11 is 6.01. The quantitative estimate of drug-likeness (QED) is 0.215. The molecule has 0 spiro atoms. The van der Waals surface area contributed by atoms with E-state index in [0.717, 1.165) is 43.7 Å². The fraction of sp³-hybridized carbons (Fsp3) is 0.419. The summed E-state index contributed by atoms with van der Waals surface area (Å²) in [6.07, 6.45) is -0.710. The third kappa shape index (κ3) is 5.60. The van der Waals surface area contributed by atoms with Crippen LogP contribution in [-0.4, -0.2) is 70.6 Å². The van der Waals surface area contributed by atoms with Gasteiger partial charge in [-0.25, -0.2) is 9.37 Å². The minimum atomic E-state index is -4.67. The number of aromatic amines is 1. The Morgan fingerprint density at radius 1 is 1.02 bits per heavy atom. The average Bonchev–Trinajstić information content (AvgIpc) is 3.76. The summed E-state index contributed by atoms with van der Waals surface area (Å²) in [5.41, 5.74) is 2.44. The molecule has 2 fully saturated rings. The zero-order chi connectivity index (χ0) is 33.2. The lowest BCUT2D eigenvalue weighted by atomic mass is 9.88. The summed E-state index contributed by atoms with van der Waals surface area (Å²) in [7, 11) is 0. The van der Waals surface area contributed by atoms with Gasteiger partial charge in [-0.15, -0.1) is 20.4 Å². The van der Waals surface area contributed by atoms with Crippen molar-refractivity contribution in [3.05, 3.63) is 70.3 Å². The highest BCUT2D eigenvalue weighted by molar-refractivity contribution is 6.30. The number of ether oxygens (including phenoxy) is 3. The zero-order valence-electron chi connectivity index (χ0n) is 25.5. The Hall–Kier alpha value is -4.41. The predicted octanol–water partition coefficient (Wildman–Crippen LogP) is 5.63. The van der Waals surface area contributed by atoms with Crippen LogP contribution in [0.5, 0.6) is 11.5 Å². The van der Waals surface area contributed by atoms with Crippen LogP contribution in [-0.2, 0) is 29.8 Å². The summed E-state index contributed by atoms with van der Waals surface area (Å²) < 4.78 is 74.1. The number of nitrogens with zero attached hydrogens (tertiary/aromatic N) is 8. The van der Waals surface area contributed by atoms with Crippen molar-refractivity contribution in [3.63, 3.8) is 0 Å². The van der Waals surface area contributed by atoms with Crippen LogP contribution in [0.2, 0.25) is 5.02 Å². The van der Waals surface area contributed by atoms with E-state index in [1.165, 1.54) is 12.3 Å². The summed E-state index contributed by atoms with van der Waals surface area (Å²) in [4.78, 5) is 13.6. The zero-order valence-corrected chi connectivity index (χ0v) is 26.2. The van der Waals surface area contributed by atoms with Crippen molar-refractivity contribution in [3.8, 4) is 23.0 Å². The molecule has 0 radical (unpaired) electrons. The standard InChI is InChI=1S/C31H28ClF4N9O3/c1-30(23-5-2-17(32)13-37-23)47-25-19(3-4-20(33)26(25)48-30)16-6-9-44(10-7-16)15-24-38-22-12-21(27-39-29(43-41-27)31(34,35)36)40-42-28(22)45(24)14-18-8-11-46-18/h2-5,12-13,16,18H,6-11,14-15H2,1H3,(H,39,41,43)/t18-,30?/m0/s1. The maximum absolute atomic E-state index is 14.9. The number of alkyl halides is 3. The normalized spacial score (nSPS) is 21.6. The first-order valence-electron chi connectivity index (χ1n) is 15.4. The molecule has 1 unspecified atom stereocenters. The van der Waals surface area contributed by atoms with E-state index in [0.29, 0.717) is 47.3 Å². The number of fused-ring (bicyclic) bond motifs is 2. The summed E-state index contributed by atoms with van der Waals surface area (Å²) in [5, 5.41) is 15.7. The first-order valence-corrected chi connectivity index (χ1v) is 15.8. The van der Waals surface area contributed by atoms with Crippen molar-refractivity contribution in [1.82, 2.24) is 44.8 Å². The van der Waals surface area contributed by atoms with Gasteiger partial charge in [-0.1, -0.05) is 17.7 Å². The van der Waals surface area contributed by atoms with Crippen molar-refractivity contribution in [2.24, 2.45) is 0 Å². The van der Waals surface area contributed by atoms with Gasteiger partial charge in [0.2, 0.25) is 11.6 Å². The maximum Gasteiger partial charge on any atom is 0.451 e. The largest absolute Gasteiger partial charge is 0.451 e. The highest BCUT2D eigenvalue weighted by atomic mass is 35.5. The molecule has 2 saturated heterocycles. The monoisotopic (exact) mass is 685 g/mol.